The van der Waals surface area contributed by atoms with Gasteiger partial charge in [-0.2, -0.15) is 0 Å². The van der Waals surface area contributed by atoms with Gasteiger partial charge in [0.25, 0.3) is 0 Å². The summed E-state index contributed by atoms with van der Waals surface area (Å²) in [6.45, 7) is 4.17. The molecule has 94 valence electrons. The van der Waals surface area contributed by atoms with Crippen molar-refractivity contribution in [1.29, 1.82) is 0 Å². The van der Waals surface area contributed by atoms with Crippen molar-refractivity contribution in [3.8, 4) is 0 Å². The summed E-state index contributed by atoms with van der Waals surface area (Å²) in [7, 11) is 0. The van der Waals surface area contributed by atoms with E-state index in [4.69, 9.17) is 11.6 Å². The van der Waals surface area contributed by atoms with Gasteiger partial charge in [0.05, 0.1) is 0 Å². The third-order valence-electron chi connectivity index (χ3n) is 2.82. The van der Waals surface area contributed by atoms with E-state index in [1.807, 2.05) is 30.3 Å². The Morgan fingerprint density at radius 3 is 2.61 bits per heavy atom. The number of hydrogen-bond donors (Lipinski definition) is 1. The second-order valence-electron chi connectivity index (χ2n) is 4.17. The van der Waals surface area contributed by atoms with Crippen LogP contribution in [0.2, 0.25) is 5.02 Å². The summed E-state index contributed by atoms with van der Waals surface area (Å²) in [5.74, 6) is 0.851. The van der Waals surface area contributed by atoms with E-state index in [9.17, 15) is 0 Å². The summed E-state index contributed by atoms with van der Waals surface area (Å²) in [4.78, 5) is 8.40. The molecule has 0 spiro atoms. The van der Waals surface area contributed by atoms with Gasteiger partial charge in [0.2, 0.25) is 0 Å². The highest BCUT2D eigenvalue weighted by Crippen LogP contribution is 2.19. The van der Waals surface area contributed by atoms with Gasteiger partial charge in [0.15, 0.2) is 0 Å². The number of anilines is 1. The number of nitrogens with one attached hydrogen (secondary N) is 1. The standard InChI is InChI=1S/C14H16ClN3/c1-3-13-8-14(17-9-16-13)18-10(2)11-4-6-12(15)7-5-11/h4-10H,3H2,1-2H3,(H,16,17,18). The number of halogens is 1. The zero-order chi connectivity index (χ0) is 13.0. The van der Waals surface area contributed by atoms with Crippen molar-refractivity contribution in [3.63, 3.8) is 0 Å². The van der Waals surface area contributed by atoms with Crippen molar-refractivity contribution < 1.29 is 0 Å². The lowest BCUT2D eigenvalue weighted by Crippen LogP contribution is -2.08. The molecular weight excluding hydrogens is 246 g/mol. The molecule has 2 rings (SSSR count). The van der Waals surface area contributed by atoms with Gasteiger partial charge in [0, 0.05) is 22.8 Å². The Morgan fingerprint density at radius 2 is 1.94 bits per heavy atom. The number of aromatic nitrogens is 2. The first-order valence-corrected chi connectivity index (χ1v) is 6.39. The Bertz CT molecular complexity index is 511. The third kappa shape index (κ3) is 3.20. The van der Waals surface area contributed by atoms with E-state index in [0.29, 0.717) is 0 Å². The quantitative estimate of drug-likeness (QED) is 0.908. The molecule has 1 unspecified atom stereocenters. The average molecular weight is 262 g/mol. The minimum Gasteiger partial charge on any atom is -0.363 e. The maximum atomic E-state index is 5.88. The molecule has 0 radical (unpaired) electrons. The number of hydrogen-bond acceptors (Lipinski definition) is 3. The molecule has 0 saturated heterocycles. The van der Waals surface area contributed by atoms with Crippen LogP contribution in [0, 0.1) is 0 Å². The second kappa shape index (κ2) is 5.83. The van der Waals surface area contributed by atoms with Gasteiger partial charge in [-0.3, -0.25) is 0 Å². The summed E-state index contributed by atoms with van der Waals surface area (Å²) < 4.78 is 0. The maximum Gasteiger partial charge on any atom is 0.130 e. The van der Waals surface area contributed by atoms with E-state index in [-0.39, 0.29) is 6.04 Å². The Kier molecular flexibility index (Phi) is 4.15. The van der Waals surface area contributed by atoms with Crippen LogP contribution in [-0.4, -0.2) is 9.97 Å². The zero-order valence-corrected chi connectivity index (χ0v) is 11.3. The van der Waals surface area contributed by atoms with Crippen LogP contribution in [0.4, 0.5) is 5.82 Å². The normalized spacial score (nSPS) is 12.2. The molecule has 1 heterocycles. The topological polar surface area (TPSA) is 37.8 Å². The number of aryl methyl sites for hydroxylation is 1. The molecule has 18 heavy (non-hydrogen) atoms. The first kappa shape index (κ1) is 12.8. The van der Waals surface area contributed by atoms with E-state index < -0.39 is 0 Å². The van der Waals surface area contributed by atoms with E-state index in [0.717, 1.165) is 23.0 Å². The Balaban J connectivity index is 2.10. The molecule has 2 aromatic rings. The smallest absolute Gasteiger partial charge is 0.130 e. The highest BCUT2D eigenvalue weighted by molar-refractivity contribution is 6.30. The molecule has 0 aliphatic carbocycles. The predicted octanol–water partition coefficient (Wildman–Crippen LogP) is 3.87. The minimum atomic E-state index is 0.182. The van der Waals surface area contributed by atoms with Gasteiger partial charge in [0.1, 0.15) is 12.1 Å². The molecule has 1 N–H and O–H groups in total. The summed E-state index contributed by atoms with van der Waals surface area (Å²) in [5.41, 5.74) is 2.21. The molecule has 1 atom stereocenters. The van der Waals surface area contributed by atoms with Crippen molar-refractivity contribution >= 4 is 17.4 Å². The largest absolute Gasteiger partial charge is 0.363 e. The van der Waals surface area contributed by atoms with Crippen molar-refractivity contribution in [2.24, 2.45) is 0 Å². The molecule has 0 bridgehead atoms. The lowest BCUT2D eigenvalue weighted by Gasteiger charge is -2.15. The maximum absolute atomic E-state index is 5.88. The summed E-state index contributed by atoms with van der Waals surface area (Å²) >= 11 is 5.88. The average Bonchev–Trinajstić information content (AvgIpc) is 2.39. The molecule has 1 aromatic carbocycles. The first-order chi connectivity index (χ1) is 8.69. The fraction of sp³-hybridized carbons (Fsp3) is 0.286. The second-order valence-corrected chi connectivity index (χ2v) is 4.60. The predicted molar refractivity (Wildman–Crippen MR) is 74.9 cm³/mol. The highest BCUT2D eigenvalue weighted by atomic mass is 35.5. The lowest BCUT2D eigenvalue weighted by molar-refractivity contribution is 0.866. The molecule has 0 fully saturated rings. The van der Waals surface area contributed by atoms with Crippen LogP contribution in [0.15, 0.2) is 36.7 Å². The molecule has 0 saturated carbocycles. The highest BCUT2D eigenvalue weighted by Gasteiger charge is 2.06. The third-order valence-corrected chi connectivity index (χ3v) is 3.07. The summed E-state index contributed by atoms with van der Waals surface area (Å²) in [6.07, 6.45) is 2.50. The van der Waals surface area contributed by atoms with Crippen molar-refractivity contribution in [1.82, 2.24) is 9.97 Å². The Labute approximate surface area is 112 Å². The van der Waals surface area contributed by atoms with E-state index in [1.165, 1.54) is 5.56 Å². The fourth-order valence-corrected chi connectivity index (χ4v) is 1.85. The van der Waals surface area contributed by atoms with E-state index >= 15 is 0 Å². The van der Waals surface area contributed by atoms with Gasteiger partial charge >= 0.3 is 0 Å². The minimum absolute atomic E-state index is 0.182. The monoisotopic (exact) mass is 261 g/mol. The van der Waals surface area contributed by atoms with Crippen LogP contribution in [0.5, 0.6) is 0 Å². The van der Waals surface area contributed by atoms with Crippen molar-refractivity contribution in [3.05, 3.63) is 52.9 Å². The molecule has 3 nitrogen and oxygen atoms in total. The van der Waals surface area contributed by atoms with Crippen LogP contribution in [-0.2, 0) is 6.42 Å². The van der Waals surface area contributed by atoms with E-state index in [2.05, 4.69) is 29.1 Å². The summed E-state index contributed by atoms with van der Waals surface area (Å²) in [5, 5.41) is 4.11. The van der Waals surface area contributed by atoms with Gasteiger partial charge in [-0.05, 0) is 31.0 Å². The first-order valence-electron chi connectivity index (χ1n) is 6.02. The van der Waals surface area contributed by atoms with E-state index in [1.54, 1.807) is 6.33 Å². The van der Waals surface area contributed by atoms with Crippen LogP contribution < -0.4 is 5.32 Å². The van der Waals surface area contributed by atoms with Crippen LogP contribution in [0.3, 0.4) is 0 Å². The van der Waals surface area contributed by atoms with Gasteiger partial charge in [-0.25, -0.2) is 9.97 Å². The Hall–Kier alpha value is -1.61. The molecular formula is C14H16ClN3. The summed E-state index contributed by atoms with van der Waals surface area (Å²) in [6, 6.07) is 9.98. The van der Waals surface area contributed by atoms with Crippen LogP contribution in [0.1, 0.15) is 31.1 Å². The molecule has 0 aliphatic rings. The SMILES string of the molecule is CCc1cc(NC(C)c2ccc(Cl)cc2)ncn1. The van der Waals surface area contributed by atoms with Crippen LogP contribution >= 0.6 is 11.6 Å². The van der Waals surface area contributed by atoms with Crippen molar-refractivity contribution in [2.75, 3.05) is 5.32 Å². The molecule has 0 aliphatic heterocycles. The fourth-order valence-electron chi connectivity index (χ4n) is 1.73. The molecule has 1 aromatic heterocycles. The molecule has 4 heteroatoms. The zero-order valence-electron chi connectivity index (χ0n) is 10.5. The van der Waals surface area contributed by atoms with Gasteiger partial charge < -0.3 is 5.32 Å². The Morgan fingerprint density at radius 1 is 1.22 bits per heavy atom. The van der Waals surface area contributed by atoms with Gasteiger partial charge in [-0.1, -0.05) is 30.7 Å². The lowest BCUT2D eigenvalue weighted by atomic mass is 10.1. The number of benzene rings is 1. The molecule has 0 amide bonds. The van der Waals surface area contributed by atoms with Gasteiger partial charge in [-0.15, -0.1) is 0 Å². The number of rotatable bonds is 4. The number of nitrogens with zero attached hydrogens (tertiary/aromatic N) is 2. The van der Waals surface area contributed by atoms with Crippen LogP contribution in [0.25, 0.3) is 0 Å². The van der Waals surface area contributed by atoms with Crippen molar-refractivity contribution in [2.45, 2.75) is 26.3 Å².